The second-order valence-electron chi connectivity index (χ2n) is 6.95. The maximum atomic E-state index is 12.8. The van der Waals surface area contributed by atoms with E-state index in [4.69, 9.17) is 4.42 Å². The van der Waals surface area contributed by atoms with Crippen LogP contribution in [-0.2, 0) is 9.84 Å². The number of benzene rings is 2. The molecule has 0 bridgehead atoms. The number of fused-ring (bicyclic) bond motifs is 1. The van der Waals surface area contributed by atoms with Crippen LogP contribution in [0.2, 0.25) is 0 Å². The van der Waals surface area contributed by atoms with Gasteiger partial charge in [-0.2, -0.15) is 0 Å². The number of halogens is 2. The molecule has 168 valence electrons. The summed E-state index contributed by atoms with van der Waals surface area (Å²) in [5.41, 5.74) is 0.887. The molecule has 1 amide bonds. The minimum atomic E-state index is -3.45. The fourth-order valence-electron chi connectivity index (χ4n) is 3.06. The molecule has 4 rings (SSSR count). The molecular formula is C22H15Br2N3O5S. The van der Waals surface area contributed by atoms with Gasteiger partial charge in [-0.3, -0.25) is 4.79 Å². The predicted molar refractivity (Wildman–Crippen MR) is 131 cm³/mol. The number of carbonyl (C=O) groups is 1. The van der Waals surface area contributed by atoms with Crippen molar-refractivity contribution in [2.75, 3.05) is 11.1 Å². The van der Waals surface area contributed by atoms with Gasteiger partial charge in [0.05, 0.1) is 15.9 Å². The van der Waals surface area contributed by atoms with E-state index in [1.54, 1.807) is 42.5 Å². The van der Waals surface area contributed by atoms with Crippen molar-refractivity contribution in [2.24, 2.45) is 0 Å². The van der Waals surface area contributed by atoms with Crippen LogP contribution < -0.4 is 10.9 Å². The Bertz CT molecular complexity index is 1550. The van der Waals surface area contributed by atoms with Crippen LogP contribution in [0.25, 0.3) is 22.2 Å². The Kier molecular flexibility index (Phi) is 6.46. The number of anilines is 1. The van der Waals surface area contributed by atoms with Gasteiger partial charge in [-0.1, -0.05) is 35.0 Å². The first-order valence-electron chi connectivity index (χ1n) is 9.59. The van der Waals surface area contributed by atoms with E-state index in [-0.39, 0.29) is 16.3 Å². The summed E-state index contributed by atoms with van der Waals surface area (Å²) in [5, 5.41) is 11.0. The van der Waals surface area contributed by atoms with Crippen LogP contribution in [-0.4, -0.2) is 30.3 Å². The molecule has 0 aliphatic rings. The second kappa shape index (κ2) is 9.16. The van der Waals surface area contributed by atoms with E-state index in [9.17, 15) is 18.0 Å². The number of rotatable bonds is 5. The maximum absolute atomic E-state index is 12.8. The van der Waals surface area contributed by atoms with Crippen LogP contribution >= 0.6 is 31.9 Å². The molecule has 0 aliphatic carbocycles. The summed E-state index contributed by atoms with van der Waals surface area (Å²) in [6.45, 7) is 1.53. The quantitative estimate of drug-likeness (QED) is 0.330. The zero-order valence-corrected chi connectivity index (χ0v) is 21.0. The fraction of sp³-hybridized carbons (Fsp3) is 0.0909. The van der Waals surface area contributed by atoms with Crippen LogP contribution in [0.3, 0.4) is 0 Å². The smallest absolute Gasteiger partial charge is 0.349 e. The van der Waals surface area contributed by atoms with Crippen molar-refractivity contribution in [2.45, 2.75) is 11.9 Å². The average molecular weight is 593 g/mol. The molecule has 4 aromatic rings. The van der Waals surface area contributed by atoms with E-state index in [0.717, 1.165) is 4.47 Å². The number of carbonyl (C=O) groups excluding carboxylic acids is 1. The minimum Gasteiger partial charge on any atom is -0.421 e. The maximum Gasteiger partial charge on any atom is 0.349 e. The third-order valence-corrected chi connectivity index (χ3v) is 7.41. The van der Waals surface area contributed by atoms with E-state index in [0.29, 0.717) is 32.4 Å². The Morgan fingerprint density at radius 2 is 1.85 bits per heavy atom. The molecule has 0 fully saturated rings. The van der Waals surface area contributed by atoms with Crippen molar-refractivity contribution in [1.29, 1.82) is 0 Å². The van der Waals surface area contributed by atoms with Gasteiger partial charge in [-0.15, -0.1) is 10.2 Å². The Balaban J connectivity index is 1.62. The molecule has 0 radical (unpaired) electrons. The lowest BCUT2D eigenvalue weighted by atomic mass is 10.1. The van der Waals surface area contributed by atoms with Crippen molar-refractivity contribution < 1.29 is 17.6 Å². The Morgan fingerprint density at radius 3 is 2.55 bits per heavy atom. The first-order chi connectivity index (χ1) is 15.7. The van der Waals surface area contributed by atoms with Crippen molar-refractivity contribution in [3.63, 3.8) is 0 Å². The van der Waals surface area contributed by atoms with Gasteiger partial charge in [0.2, 0.25) is 0 Å². The van der Waals surface area contributed by atoms with Crippen LogP contribution in [0.1, 0.15) is 17.3 Å². The molecule has 0 spiro atoms. The Hall–Kier alpha value is -2.89. The molecule has 2 aromatic carbocycles. The lowest BCUT2D eigenvalue weighted by Crippen LogP contribution is -2.20. The summed E-state index contributed by atoms with van der Waals surface area (Å²) in [7, 11) is -3.45. The van der Waals surface area contributed by atoms with Crippen molar-refractivity contribution in [3.8, 4) is 11.3 Å². The monoisotopic (exact) mass is 591 g/mol. The number of nitrogens with one attached hydrogen (secondary N) is 1. The largest absolute Gasteiger partial charge is 0.421 e. The van der Waals surface area contributed by atoms with Gasteiger partial charge in [-0.05, 0) is 58.4 Å². The molecular weight excluding hydrogens is 578 g/mol. The highest BCUT2D eigenvalue weighted by Crippen LogP contribution is 2.28. The standard InChI is InChI=1S/C22H15Br2N3O5S/c1-2-33(30,31)19-7-6-18(26-27-19)12-4-3-5-15(9-12)25-21(28)16-10-13-8-14(23)11-17(24)20(13)32-22(16)29/h3-11H,2H2,1H3,(H,25,28). The van der Waals surface area contributed by atoms with Gasteiger partial charge in [-0.25, -0.2) is 13.2 Å². The lowest BCUT2D eigenvalue weighted by molar-refractivity contribution is 0.102. The average Bonchev–Trinajstić information content (AvgIpc) is 2.79. The third kappa shape index (κ3) is 4.90. The normalized spacial score (nSPS) is 11.5. The molecule has 8 nitrogen and oxygen atoms in total. The zero-order valence-electron chi connectivity index (χ0n) is 17.0. The van der Waals surface area contributed by atoms with Gasteiger partial charge in [0.1, 0.15) is 5.56 Å². The summed E-state index contributed by atoms with van der Waals surface area (Å²) in [6.07, 6.45) is 0. The number of amides is 1. The first-order valence-corrected chi connectivity index (χ1v) is 12.8. The molecule has 33 heavy (non-hydrogen) atoms. The van der Waals surface area contributed by atoms with Crippen LogP contribution in [0.5, 0.6) is 0 Å². The lowest BCUT2D eigenvalue weighted by Gasteiger charge is -2.08. The predicted octanol–water partition coefficient (Wildman–Crippen LogP) is 4.82. The fourth-order valence-corrected chi connectivity index (χ4v) is 5.13. The molecule has 0 aliphatic heterocycles. The summed E-state index contributed by atoms with van der Waals surface area (Å²) >= 11 is 6.71. The first kappa shape index (κ1) is 23.3. The molecule has 2 heterocycles. The second-order valence-corrected chi connectivity index (χ2v) is 10.9. The van der Waals surface area contributed by atoms with Gasteiger partial charge in [0.15, 0.2) is 20.4 Å². The van der Waals surface area contributed by atoms with Crippen molar-refractivity contribution >= 4 is 64.3 Å². The molecule has 0 saturated carbocycles. The van der Waals surface area contributed by atoms with Crippen molar-refractivity contribution in [1.82, 2.24) is 10.2 Å². The van der Waals surface area contributed by atoms with E-state index < -0.39 is 21.4 Å². The van der Waals surface area contributed by atoms with Gasteiger partial charge in [0, 0.05) is 21.1 Å². The molecule has 0 unspecified atom stereocenters. The van der Waals surface area contributed by atoms with Gasteiger partial charge < -0.3 is 9.73 Å². The van der Waals surface area contributed by atoms with Gasteiger partial charge in [0.25, 0.3) is 5.91 Å². The highest BCUT2D eigenvalue weighted by molar-refractivity contribution is 9.11. The highest BCUT2D eigenvalue weighted by Gasteiger charge is 2.17. The summed E-state index contributed by atoms with van der Waals surface area (Å²) in [5.74, 6) is -0.700. The van der Waals surface area contributed by atoms with Gasteiger partial charge >= 0.3 is 5.63 Å². The van der Waals surface area contributed by atoms with E-state index in [2.05, 4.69) is 47.4 Å². The van der Waals surface area contributed by atoms with E-state index >= 15 is 0 Å². The summed E-state index contributed by atoms with van der Waals surface area (Å²) in [4.78, 5) is 25.2. The number of aromatic nitrogens is 2. The van der Waals surface area contributed by atoms with Crippen LogP contribution in [0, 0.1) is 0 Å². The zero-order chi connectivity index (χ0) is 23.8. The third-order valence-electron chi connectivity index (χ3n) is 4.75. The SMILES string of the molecule is CCS(=O)(=O)c1ccc(-c2cccc(NC(=O)c3cc4cc(Br)cc(Br)c4oc3=O)c2)nn1. The summed E-state index contributed by atoms with van der Waals surface area (Å²) in [6, 6.07) is 14.6. The minimum absolute atomic E-state index is 0.0702. The molecule has 11 heteroatoms. The van der Waals surface area contributed by atoms with E-state index in [1.807, 2.05) is 0 Å². The highest BCUT2D eigenvalue weighted by atomic mass is 79.9. The molecule has 2 aromatic heterocycles. The molecule has 1 N–H and O–H groups in total. The number of nitrogens with zero attached hydrogens (tertiary/aromatic N) is 2. The van der Waals surface area contributed by atoms with Crippen molar-refractivity contribution in [3.05, 3.63) is 79.5 Å². The number of hydrogen-bond donors (Lipinski definition) is 1. The topological polar surface area (TPSA) is 119 Å². The van der Waals surface area contributed by atoms with Crippen LogP contribution in [0.15, 0.2) is 77.8 Å². The molecule has 0 atom stereocenters. The van der Waals surface area contributed by atoms with Crippen LogP contribution in [0.4, 0.5) is 5.69 Å². The Morgan fingerprint density at radius 1 is 1.06 bits per heavy atom. The number of hydrogen-bond acceptors (Lipinski definition) is 7. The Labute approximate surface area is 205 Å². The summed E-state index contributed by atoms with van der Waals surface area (Å²) < 4.78 is 30.5. The number of sulfone groups is 1. The molecule has 0 saturated heterocycles. The van der Waals surface area contributed by atoms with E-state index in [1.165, 1.54) is 19.1 Å².